The highest BCUT2D eigenvalue weighted by Crippen LogP contribution is 2.21. The summed E-state index contributed by atoms with van der Waals surface area (Å²) in [5, 5.41) is 2.86. The first-order chi connectivity index (χ1) is 14.8. The molecule has 0 atom stereocenters. The first kappa shape index (κ1) is 22.9. The summed E-state index contributed by atoms with van der Waals surface area (Å²) >= 11 is 1.73. The molecule has 0 bridgehead atoms. The van der Waals surface area contributed by atoms with E-state index in [1.807, 2.05) is 37.3 Å². The number of sulfonamides is 1. The predicted molar refractivity (Wildman–Crippen MR) is 128 cm³/mol. The lowest BCUT2D eigenvalue weighted by Gasteiger charge is -2.12. The summed E-state index contributed by atoms with van der Waals surface area (Å²) in [5.41, 5.74) is 3.67. The number of rotatable bonds is 9. The van der Waals surface area contributed by atoms with Gasteiger partial charge in [-0.2, -0.15) is 11.8 Å². The summed E-state index contributed by atoms with van der Waals surface area (Å²) in [7, 11) is -3.81. The number of hydrogen-bond acceptors (Lipinski definition) is 4. The van der Waals surface area contributed by atoms with Crippen molar-refractivity contribution in [1.29, 1.82) is 0 Å². The van der Waals surface area contributed by atoms with Gasteiger partial charge in [0.15, 0.2) is 0 Å². The molecule has 3 aromatic rings. The molecule has 0 aliphatic heterocycles. The molecule has 7 heteroatoms. The van der Waals surface area contributed by atoms with Gasteiger partial charge in [0.25, 0.3) is 15.9 Å². The van der Waals surface area contributed by atoms with Crippen LogP contribution in [0.1, 0.15) is 27.0 Å². The molecule has 0 spiro atoms. The molecule has 31 heavy (non-hydrogen) atoms. The van der Waals surface area contributed by atoms with Crippen LogP contribution < -0.4 is 10.0 Å². The van der Waals surface area contributed by atoms with Crippen molar-refractivity contribution in [3.8, 4) is 0 Å². The van der Waals surface area contributed by atoms with Crippen LogP contribution in [-0.4, -0.2) is 26.6 Å². The van der Waals surface area contributed by atoms with Crippen LogP contribution in [-0.2, 0) is 15.8 Å². The van der Waals surface area contributed by atoms with Crippen LogP contribution in [0.5, 0.6) is 0 Å². The highest BCUT2D eigenvalue weighted by atomic mass is 32.2. The predicted octanol–water partition coefficient (Wildman–Crippen LogP) is 4.77. The minimum absolute atomic E-state index is 0.0965. The minimum Gasteiger partial charge on any atom is -0.351 e. The first-order valence-corrected chi connectivity index (χ1v) is 12.6. The lowest BCUT2D eigenvalue weighted by Crippen LogP contribution is -2.26. The molecule has 3 aromatic carbocycles. The number of benzene rings is 3. The number of carbonyl (C=O) groups is 1. The average molecular weight is 455 g/mol. The van der Waals surface area contributed by atoms with E-state index in [1.54, 1.807) is 43.0 Å². The van der Waals surface area contributed by atoms with Gasteiger partial charge in [0.05, 0.1) is 4.90 Å². The summed E-state index contributed by atoms with van der Waals surface area (Å²) in [4.78, 5) is 12.6. The summed E-state index contributed by atoms with van der Waals surface area (Å²) in [5.74, 6) is 1.37. The van der Waals surface area contributed by atoms with Gasteiger partial charge in [-0.15, -0.1) is 0 Å². The van der Waals surface area contributed by atoms with Crippen molar-refractivity contribution in [2.45, 2.75) is 24.5 Å². The van der Waals surface area contributed by atoms with Crippen LogP contribution in [0.2, 0.25) is 0 Å². The Bertz CT molecular complexity index is 1130. The second-order valence-electron chi connectivity index (χ2n) is 7.25. The Labute approximate surface area is 188 Å². The van der Waals surface area contributed by atoms with Gasteiger partial charge in [-0.1, -0.05) is 54.1 Å². The van der Waals surface area contributed by atoms with E-state index in [-0.39, 0.29) is 10.8 Å². The number of hydrogen-bond donors (Lipinski definition) is 2. The van der Waals surface area contributed by atoms with Gasteiger partial charge in [-0.05, 0) is 49.2 Å². The number of anilines is 1. The SMILES string of the molecule is Cc1ccc(NS(=O)(=O)c2cc(C(=O)NCCSCc3ccccc3)ccc2C)cc1. The number of thioether (sulfide) groups is 1. The van der Waals surface area contributed by atoms with E-state index in [0.29, 0.717) is 23.4 Å². The minimum atomic E-state index is -3.81. The summed E-state index contributed by atoms with van der Waals surface area (Å²) < 4.78 is 28.3. The Hall–Kier alpha value is -2.77. The highest BCUT2D eigenvalue weighted by molar-refractivity contribution is 7.98. The second kappa shape index (κ2) is 10.5. The zero-order chi connectivity index (χ0) is 22.3. The van der Waals surface area contributed by atoms with E-state index in [0.717, 1.165) is 17.1 Å². The van der Waals surface area contributed by atoms with E-state index in [1.165, 1.54) is 11.6 Å². The normalized spacial score (nSPS) is 11.2. The van der Waals surface area contributed by atoms with E-state index in [9.17, 15) is 13.2 Å². The Kier molecular flexibility index (Phi) is 7.76. The van der Waals surface area contributed by atoms with Crippen molar-refractivity contribution < 1.29 is 13.2 Å². The molecule has 0 saturated heterocycles. The van der Waals surface area contributed by atoms with Gasteiger partial charge in [-0.25, -0.2) is 8.42 Å². The van der Waals surface area contributed by atoms with Gasteiger partial charge in [-0.3, -0.25) is 9.52 Å². The Morgan fingerprint density at radius 3 is 2.35 bits per heavy atom. The molecule has 0 aromatic heterocycles. The average Bonchev–Trinajstić information content (AvgIpc) is 2.76. The highest BCUT2D eigenvalue weighted by Gasteiger charge is 2.19. The van der Waals surface area contributed by atoms with Gasteiger partial charge < -0.3 is 5.32 Å². The molecule has 0 fully saturated rings. The molecule has 0 aliphatic carbocycles. The monoisotopic (exact) mass is 454 g/mol. The summed E-state index contributed by atoms with van der Waals surface area (Å²) in [6, 6.07) is 22.0. The van der Waals surface area contributed by atoms with Gasteiger partial charge in [0.2, 0.25) is 0 Å². The molecule has 0 aliphatic rings. The van der Waals surface area contributed by atoms with E-state index in [2.05, 4.69) is 22.2 Å². The van der Waals surface area contributed by atoms with Crippen molar-refractivity contribution in [2.24, 2.45) is 0 Å². The molecule has 0 unspecified atom stereocenters. The molecular formula is C24H26N2O3S2. The third-order valence-electron chi connectivity index (χ3n) is 4.69. The zero-order valence-electron chi connectivity index (χ0n) is 17.6. The number of aryl methyl sites for hydroxylation is 2. The molecule has 5 nitrogen and oxygen atoms in total. The van der Waals surface area contributed by atoms with Crippen LogP contribution in [0.15, 0.2) is 77.7 Å². The lowest BCUT2D eigenvalue weighted by molar-refractivity contribution is 0.0956. The van der Waals surface area contributed by atoms with Crippen molar-refractivity contribution >= 4 is 33.4 Å². The Morgan fingerprint density at radius 1 is 0.935 bits per heavy atom. The van der Waals surface area contributed by atoms with E-state index < -0.39 is 10.0 Å². The molecule has 162 valence electrons. The summed E-state index contributed by atoms with van der Waals surface area (Å²) in [6.07, 6.45) is 0. The van der Waals surface area contributed by atoms with Gasteiger partial charge in [0, 0.05) is 29.3 Å². The fourth-order valence-corrected chi connectivity index (χ4v) is 5.11. The molecule has 2 N–H and O–H groups in total. The molecule has 0 saturated carbocycles. The zero-order valence-corrected chi connectivity index (χ0v) is 19.2. The Balaban J connectivity index is 1.60. The maximum Gasteiger partial charge on any atom is 0.262 e. The second-order valence-corrected chi connectivity index (χ2v) is 10.0. The van der Waals surface area contributed by atoms with E-state index in [4.69, 9.17) is 0 Å². The standard InChI is InChI=1S/C24H26N2O3S2/c1-18-8-12-22(13-9-18)26-31(28,29)23-16-21(11-10-19(23)2)24(27)25-14-15-30-17-20-6-4-3-5-7-20/h3-13,16,26H,14-15,17H2,1-2H3,(H,25,27). The van der Waals surface area contributed by atoms with Crippen LogP contribution in [0.4, 0.5) is 5.69 Å². The first-order valence-electron chi connectivity index (χ1n) is 9.95. The van der Waals surface area contributed by atoms with Crippen LogP contribution in [0.3, 0.4) is 0 Å². The van der Waals surface area contributed by atoms with Crippen molar-refractivity contribution in [3.05, 3.63) is 95.1 Å². The molecular weight excluding hydrogens is 428 g/mol. The molecule has 0 radical (unpaired) electrons. The van der Waals surface area contributed by atoms with Crippen LogP contribution >= 0.6 is 11.8 Å². The summed E-state index contributed by atoms with van der Waals surface area (Å²) in [6.45, 7) is 4.16. The maximum absolute atomic E-state index is 12.9. The lowest BCUT2D eigenvalue weighted by atomic mass is 10.1. The van der Waals surface area contributed by atoms with Gasteiger partial charge in [0.1, 0.15) is 0 Å². The van der Waals surface area contributed by atoms with Crippen LogP contribution in [0.25, 0.3) is 0 Å². The third-order valence-corrected chi connectivity index (χ3v) is 7.24. The number of amides is 1. The maximum atomic E-state index is 12.9. The third kappa shape index (κ3) is 6.60. The van der Waals surface area contributed by atoms with Crippen molar-refractivity contribution in [1.82, 2.24) is 5.32 Å². The van der Waals surface area contributed by atoms with Crippen molar-refractivity contribution in [3.63, 3.8) is 0 Å². The smallest absolute Gasteiger partial charge is 0.262 e. The fraction of sp³-hybridized carbons (Fsp3) is 0.208. The Morgan fingerprint density at radius 2 is 1.65 bits per heavy atom. The number of nitrogens with one attached hydrogen (secondary N) is 2. The van der Waals surface area contributed by atoms with Crippen molar-refractivity contribution in [2.75, 3.05) is 17.0 Å². The molecule has 1 amide bonds. The largest absolute Gasteiger partial charge is 0.351 e. The van der Waals surface area contributed by atoms with E-state index >= 15 is 0 Å². The molecule has 0 heterocycles. The molecule has 3 rings (SSSR count). The van der Waals surface area contributed by atoms with Crippen LogP contribution in [0, 0.1) is 13.8 Å². The topological polar surface area (TPSA) is 75.3 Å². The fourth-order valence-electron chi connectivity index (χ4n) is 2.97. The van der Waals surface area contributed by atoms with Gasteiger partial charge >= 0.3 is 0 Å². The quantitative estimate of drug-likeness (QED) is 0.457. The number of carbonyl (C=O) groups excluding carboxylic acids is 1.